The highest BCUT2D eigenvalue weighted by Gasteiger charge is 2.71. The smallest absolute Gasteiger partial charge is 0.180 e. The molecule has 2 aliphatic heterocycles. The van der Waals surface area contributed by atoms with Crippen LogP contribution < -0.4 is 9.64 Å². The molecule has 0 aromatic heterocycles. The Kier molecular flexibility index (Phi) is 4.40. The molecular weight excluding hydrogens is 426 g/mol. The fourth-order valence-electron chi connectivity index (χ4n) is 6.25. The van der Waals surface area contributed by atoms with Crippen molar-refractivity contribution in [2.45, 2.75) is 24.9 Å². The van der Waals surface area contributed by atoms with E-state index in [1.54, 1.807) is 38.3 Å². The van der Waals surface area contributed by atoms with E-state index in [1.807, 2.05) is 65.6 Å². The number of carbonyl (C=O) groups excluding carboxylic acids is 3. The van der Waals surface area contributed by atoms with Gasteiger partial charge in [0.2, 0.25) is 0 Å². The molecule has 168 valence electrons. The molecule has 3 atom stereocenters. The van der Waals surface area contributed by atoms with Crippen LogP contribution >= 0.6 is 0 Å². The number of Topliss-reactive ketones (excluding diaryl/α,β-unsaturated/α-hetero) is 3. The lowest BCUT2D eigenvalue weighted by molar-refractivity contribution is -0.118. The molecule has 1 spiro atoms. The molecule has 0 amide bonds. The van der Waals surface area contributed by atoms with Crippen molar-refractivity contribution in [2.75, 3.05) is 12.0 Å². The number of fused-ring (bicyclic) bond motifs is 5. The zero-order chi connectivity index (χ0) is 23.6. The van der Waals surface area contributed by atoms with Gasteiger partial charge < -0.3 is 9.64 Å². The van der Waals surface area contributed by atoms with Crippen molar-refractivity contribution >= 4 is 29.1 Å². The van der Waals surface area contributed by atoms with Gasteiger partial charge >= 0.3 is 0 Å². The molecule has 0 saturated carbocycles. The summed E-state index contributed by atoms with van der Waals surface area (Å²) < 4.78 is 5.33. The molecule has 1 saturated heterocycles. The summed E-state index contributed by atoms with van der Waals surface area (Å²) in [6.07, 6.45) is 3.90. The first-order valence-electron chi connectivity index (χ1n) is 11.4. The summed E-state index contributed by atoms with van der Waals surface area (Å²) in [7, 11) is 1.59. The number of anilines is 1. The Balaban J connectivity index is 1.66. The van der Waals surface area contributed by atoms with Gasteiger partial charge in [-0.2, -0.15) is 0 Å². The maximum Gasteiger partial charge on any atom is 0.180 e. The minimum atomic E-state index is -1.43. The van der Waals surface area contributed by atoms with Crippen molar-refractivity contribution in [1.29, 1.82) is 0 Å². The van der Waals surface area contributed by atoms with E-state index in [9.17, 15) is 14.4 Å². The summed E-state index contributed by atoms with van der Waals surface area (Å²) >= 11 is 0. The Morgan fingerprint density at radius 1 is 0.882 bits per heavy atom. The highest BCUT2D eigenvalue weighted by atomic mass is 16.5. The Morgan fingerprint density at radius 2 is 1.50 bits per heavy atom. The Morgan fingerprint density at radius 3 is 2.12 bits per heavy atom. The lowest BCUT2D eigenvalue weighted by Crippen LogP contribution is -2.48. The van der Waals surface area contributed by atoms with Gasteiger partial charge in [0.05, 0.1) is 19.2 Å². The number of ether oxygens (including phenoxy) is 1. The molecule has 3 aliphatic rings. The number of methoxy groups -OCH3 is 1. The van der Waals surface area contributed by atoms with E-state index in [4.69, 9.17) is 4.74 Å². The van der Waals surface area contributed by atoms with Crippen LogP contribution in [0.2, 0.25) is 0 Å². The maximum absolute atomic E-state index is 14.3. The molecule has 0 bridgehead atoms. The SMILES string of the molecule is COc1ccc([C@H]2[C@H](C(C)=O)N3c4ccccc4C=C[C@H]3C23C(=O)c2ccccc2C3=O)cc1. The van der Waals surface area contributed by atoms with Gasteiger partial charge in [-0.15, -0.1) is 0 Å². The first-order valence-corrected chi connectivity index (χ1v) is 11.4. The standard InChI is InChI=1S/C29H23NO4/c1-17(31)26-25(19-11-14-20(34-2)15-12-19)29(27(32)21-8-4-5-9-22(21)28(29)33)24-16-13-18-7-3-6-10-23(18)30(24)26/h3-16,24-26H,1-2H3/t24-,25-,26-/m0/s1. The summed E-state index contributed by atoms with van der Waals surface area (Å²) in [5.74, 6) is -0.479. The van der Waals surface area contributed by atoms with Gasteiger partial charge in [-0.1, -0.05) is 66.7 Å². The second-order valence-electron chi connectivity index (χ2n) is 9.15. The molecule has 34 heavy (non-hydrogen) atoms. The van der Waals surface area contributed by atoms with E-state index in [-0.39, 0.29) is 17.3 Å². The second kappa shape index (κ2) is 7.26. The second-order valence-corrected chi connectivity index (χ2v) is 9.15. The van der Waals surface area contributed by atoms with E-state index < -0.39 is 23.4 Å². The van der Waals surface area contributed by atoms with Crippen molar-refractivity contribution in [3.05, 3.63) is 101 Å². The van der Waals surface area contributed by atoms with Crippen LogP contribution in [0.15, 0.2) is 78.9 Å². The highest BCUT2D eigenvalue weighted by molar-refractivity contribution is 6.32. The van der Waals surface area contributed by atoms with Gasteiger partial charge in [-0.3, -0.25) is 14.4 Å². The van der Waals surface area contributed by atoms with Gasteiger partial charge in [0.25, 0.3) is 0 Å². The summed E-state index contributed by atoms with van der Waals surface area (Å²) in [5.41, 5.74) is 2.03. The zero-order valence-electron chi connectivity index (χ0n) is 18.9. The fourth-order valence-corrected chi connectivity index (χ4v) is 6.25. The predicted octanol–water partition coefficient (Wildman–Crippen LogP) is 4.72. The van der Waals surface area contributed by atoms with Crippen LogP contribution in [-0.2, 0) is 4.79 Å². The molecule has 1 aliphatic carbocycles. The van der Waals surface area contributed by atoms with E-state index in [1.165, 1.54) is 0 Å². The van der Waals surface area contributed by atoms with E-state index in [0.29, 0.717) is 16.9 Å². The Labute approximate surface area is 197 Å². The summed E-state index contributed by atoms with van der Waals surface area (Å²) in [6.45, 7) is 1.55. The Hall–Kier alpha value is -3.99. The van der Waals surface area contributed by atoms with Crippen LogP contribution in [0.5, 0.6) is 5.75 Å². The molecule has 0 radical (unpaired) electrons. The quantitative estimate of drug-likeness (QED) is 0.542. The molecular formula is C29H23NO4. The van der Waals surface area contributed by atoms with Crippen LogP contribution in [0.1, 0.15) is 44.7 Å². The van der Waals surface area contributed by atoms with E-state index >= 15 is 0 Å². The third-order valence-electron chi connectivity index (χ3n) is 7.60. The molecule has 0 N–H and O–H groups in total. The van der Waals surface area contributed by atoms with E-state index in [0.717, 1.165) is 16.8 Å². The highest BCUT2D eigenvalue weighted by Crippen LogP contribution is 2.60. The topological polar surface area (TPSA) is 63.7 Å². The molecule has 0 unspecified atom stereocenters. The van der Waals surface area contributed by atoms with Crippen LogP contribution in [0.3, 0.4) is 0 Å². The van der Waals surface area contributed by atoms with Crippen molar-refractivity contribution in [3.8, 4) is 5.75 Å². The molecule has 2 heterocycles. The fraction of sp³-hybridized carbons (Fsp3) is 0.207. The average molecular weight is 450 g/mol. The van der Waals surface area contributed by atoms with Crippen LogP contribution in [0.4, 0.5) is 5.69 Å². The molecule has 1 fully saturated rings. The Bertz CT molecular complexity index is 1350. The minimum absolute atomic E-state index is 0.0793. The number of carbonyl (C=O) groups is 3. The van der Waals surface area contributed by atoms with Crippen molar-refractivity contribution < 1.29 is 19.1 Å². The summed E-state index contributed by atoms with van der Waals surface area (Å²) in [6, 6.07) is 21.0. The lowest BCUT2D eigenvalue weighted by atomic mass is 9.64. The number of hydrogen-bond acceptors (Lipinski definition) is 5. The number of rotatable bonds is 3. The normalized spacial score (nSPS) is 23.6. The van der Waals surface area contributed by atoms with Crippen molar-refractivity contribution in [1.82, 2.24) is 0 Å². The van der Waals surface area contributed by atoms with Crippen LogP contribution in [0.25, 0.3) is 6.08 Å². The third kappa shape index (κ3) is 2.47. The molecule has 5 nitrogen and oxygen atoms in total. The number of hydrogen-bond donors (Lipinski definition) is 0. The van der Waals surface area contributed by atoms with Crippen molar-refractivity contribution in [2.24, 2.45) is 5.41 Å². The molecule has 3 aromatic rings. The van der Waals surface area contributed by atoms with Gasteiger partial charge in [0, 0.05) is 22.7 Å². The largest absolute Gasteiger partial charge is 0.497 e. The summed E-state index contributed by atoms with van der Waals surface area (Å²) in [5, 5.41) is 0. The first kappa shape index (κ1) is 20.6. The maximum atomic E-state index is 14.3. The number of nitrogens with zero attached hydrogens (tertiary/aromatic N) is 1. The average Bonchev–Trinajstić information content (AvgIpc) is 3.31. The van der Waals surface area contributed by atoms with Gasteiger partial charge in [0.15, 0.2) is 17.3 Å². The predicted molar refractivity (Wildman–Crippen MR) is 129 cm³/mol. The van der Waals surface area contributed by atoms with Crippen LogP contribution in [-0.4, -0.2) is 36.5 Å². The molecule has 6 rings (SSSR count). The van der Waals surface area contributed by atoms with Gasteiger partial charge in [-0.25, -0.2) is 0 Å². The zero-order valence-corrected chi connectivity index (χ0v) is 18.9. The third-order valence-corrected chi connectivity index (χ3v) is 7.60. The first-order chi connectivity index (χ1) is 16.5. The number of benzene rings is 3. The minimum Gasteiger partial charge on any atom is -0.497 e. The lowest BCUT2D eigenvalue weighted by Gasteiger charge is -2.37. The van der Waals surface area contributed by atoms with E-state index in [2.05, 4.69) is 0 Å². The van der Waals surface area contributed by atoms with Crippen LogP contribution in [0, 0.1) is 5.41 Å². The van der Waals surface area contributed by atoms with Gasteiger partial charge in [0.1, 0.15) is 11.2 Å². The van der Waals surface area contributed by atoms with Gasteiger partial charge in [-0.05, 0) is 36.2 Å². The molecule has 3 aromatic carbocycles. The summed E-state index contributed by atoms with van der Waals surface area (Å²) in [4.78, 5) is 43.9. The number of ketones is 3. The monoisotopic (exact) mass is 449 g/mol. The number of para-hydroxylation sites is 1. The van der Waals surface area contributed by atoms with Crippen molar-refractivity contribution in [3.63, 3.8) is 0 Å². The molecule has 5 heteroatoms.